The van der Waals surface area contributed by atoms with Crippen molar-refractivity contribution in [3.05, 3.63) is 89.5 Å². The van der Waals surface area contributed by atoms with Crippen molar-refractivity contribution in [1.82, 2.24) is 0 Å². The fraction of sp³-hybridized carbons (Fsp3) is 0.100. The number of nitrogens with two attached hydrogens (primary N) is 2. The van der Waals surface area contributed by atoms with E-state index in [4.69, 9.17) is 11.5 Å². The highest BCUT2D eigenvalue weighted by Crippen LogP contribution is 2.34. The van der Waals surface area contributed by atoms with E-state index >= 15 is 0 Å². The lowest BCUT2D eigenvalue weighted by molar-refractivity contribution is -0.274. The van der Waals surface area contributed by atoms with Gasteiger partial charge in [-0.1, -0.05) is 36.4 Å². The average molecular weight is 358 g/mol. The Bertz CT molecular complexity index is 812. The van der Waals surface area contributed by atoms with Crippen LogP contribution >= 0.6 is 0 Å². The summed E-state index contributed by atoms with van der Waals surface area (Å²) in [6.07, 6.45) is -4.71. The molecule has 0 atom stereocenters. The molecule has 0 fully saturated rings. The fourth-order valence-corrected chi connectivity index (χ4v) is 2.82. The summed E-state index contributed by atoms with van der Waals surface area (Å²) in [4.78, 5) is 0. The molecule has 0 heterocycles. The lowest BCUT2D eigenvalue weighted by atomic mass is 9.85. The van der Waals surface area contributed by atoms with Crippen LogP contribution < -0.4 is 16.2 Å². The molecular weight excluding hydrogens is 341 g/mol. The van der Waals surface area contributed by atoms with Crippen molar-refractivity contribution < 1.29 is 17.9 Å². The zero-order valence-corrected chi connectivity index (χ0v) is 13.7. The summed E-state index contributed by atoms with van der Waals surface area (Å²) in [6.45, 7) is 0. The van der Waals surface area contributed by atoms with Crippen LogP contribution in [0.4, 0.5) is 24.5 Å². The molecule has 0 spiro atoms. The van der Waals surface area contributed by atoms with Gasteiger partial charge in [-0.3, -0.25) is 0 Å². The molecule has 0 aliphatic rings. The highest BCUT2D eigenvalue weighted by Gasteiger charge is 2.31. The second-order valence-corrected chi connectivity index (χ2v) is 5.88. The van der Waals surface area contributed by atoms with Crippen molar-refractivity contribution in [3.8, 4) is 5.75 Å². The zero-order valence-electron chi connectivity index (χ0n) is 13.7. The molecule has 0 unspecified atom stereocenters. The minimum Gasteiger partial charge on any atom is -0.406 e. The summed E-state index contributed by atoms with van der Waals surface area (Å²) in [5.74, 6) is -0.425. The highest BCUT2D eigenvalue weighted by atomic mass is 19.4. The second-order valence-electron chi connectivity index (χ2n) is 5.88. The predicted octanol–water partition coefficient (Wildman–Crippen LogP) is 4.93. The van der Waals surface area contributed by atoms with E-state index in [0.717, 1.165) is 16.7 Å². The Labute approximate surface area is 149 Å². The average Bonchev–Trinajstić information content (AvgIpc) is 2.59. The molecule has 0 aromatic heterocycles. The first-order valence-electron chi connectivity index (χ1n) is 7.88. The molecule has 0 radical (unpaired) electrons. The molecule has 0 saturated carbocycles. The van der Waals surface area contributed by atoms with Gasteiger partial charge in [0, 0.05) is 17.3 Å². The first-order chi connectivity index (χ1) is 12.3. The maximum absolute atomic E-state index is 12.4. The molecule has 3 aromatic carbocycles. The van der Waals surface area contributed by atoms with Crippen molar-refractivity contribution in [2.75, 3.05) is 11.5 Å². The fourth-order valence-electron chi connectivity index (χ4n) is 2.82. The largest absolute Gasteiger partial charge is 0.573 e. The molecule has 134 valence electrons. The molecule has 3 nitrogen and oxygen atoms in total. The van der Waals surface area contributed by atoms with Crippen LogP contribution in [0.25, 0.3) is 0 Å². The van der Waals surface area contributed by atoms with Crippen LogP contribution in [-0.4, -0.2) is 6.36 Å². The summed E-state index contributed by atoms with van der Waals surface area (Å²) in [7, 11) is 0. The topological polar surface area (TPSA) is 61.3 Å². The number of ether oxygens (including phenoxy) is 1. The van der Waals surface area contributed by atoms with Crippen LogP contribution in [0.5, 0.6) is 5.75 Å². The van der Waals surface area contributed by atoms with Gasteiger partial charge >= 0.3 is 6.36 Å². The van der Waals surface area contributed by atoms with Gasteiger partial charge in [-0.05, 0) is 53.1 Å². The van der Waals surface area contributed by atoms with Crippen LogP contribution in [-0.2, 0) is 0 Å². The lowest BCUT2D eigenvalue weighted by Crippen LogP contribution is -2.17. The Morgan fingerprint density at radius 2 is 0.962 bits per heavy atom. The lowest BCUT2D eigenvalue weighted by Gasteiger charge is -2.20. The smallest absolute Gasteiger partial charge is 0.406 e. The van der Waals surface area contributed by atoms with Crippen LogP contribution in [0.2, 0.25) is 0 Å². The van der Waals surface area contributed by atoms with Crippen molar-refractivity contribution >= 4 is 11.4 Å². The normalized spacial score (nSPS) is 11.5. The third-order valence-corrected chi connectivity index (χ3v) is 3.99. The van der Waals surface area contributed by atoms with Gasteiger partial charge in [0.15, 0.2) is 0 Å². The van der Waals surface area contributed by atoms with Gasteiger partial charge in [-0.15, -0.1) is 13.2 Å². The molecule has 26 heavy (non-hydrogen) atoms. The monoisotopic (exact) mass is 358 g/mol. The van der Waals surface area contributed by atoms with Crippen molar-refractivity contribution in [1.29, 1.82) is 0 Å². The Morgan fingerprint density at radius 3 is 1.31 bits per heavy atom. The van der Waals surface area contributed by atoms with Gasteiger partial charge in [0.05, 0.1) is 0 Å². The van der Waals surface area contributed by atoms with Gasteiger partial charge < -0.3 is 16.2 Å². The number of alkyl halides is 3. The molecule has 3 aromatic rings. The Hall–Kier alpha value is -3.15. The zero-order chi connectivity index (χ0) is 18.7. The summed E-state index contributed by atoms with van der Waals surface area (Å²) in [5.41, 5.74) is 15.6. The molecule has 4 N–H and O–H groups in total. The molecule has 0 amide bonds. The minimum atomic E-state index is -4.71. The maximum atomic E-state index is 12.4. The standard InChI is InChI=1S/C20H17F3N2O/c21-20(22,23)26-18-11-5-15(6-12-18)19(13-1-7-16(24)8-2-13)14-3-9-17(25)10-4-14/h1-12,19H,24-25H2. The van der Waals surface area contributed by atoms with E-state index in [1.54, 1.807) is 36.4 Å². The van der Waals surface area contributed by atoms with E-state index in [1.807, 2.05) is 24.3 Å². The number of hydrogen-bond donors (Lipinski definition) is 2. The maximum Gasteiger partial charge on any atom is 0.573 e. The van der Waals surface area contributed by atoms with Crippen LogP contribution in [0.15, 0.2) is 72.8 Å². The molecular formula is C20H17F3N2O. The van der Waals surface area contributed by atoms with Gasteiger partial charge in [0.25, 0.3) is 0 Å². The first-order valence-corrected chi connectivity index (χ1v) is 7.88. The third kappa shape index (κ3) is 4.27. The van der Waals surface area contributed by atoms with Gasteiger partial charge in [-0.25, -0.2) is 0 Å². The number of nitrogen functional groups attached to an aromatic ring is 2. The number of benzene rings is 3. The molecule has 0 bridgehead atoms. The number of rotatable bonds is 4. The number of anilines is 2. The quantitative estimate of drug-likeness (QED) is 0.513. The summed E-state index contributed by atoms with van der Waals surface area (Å²) in [6, 6.07) is 20.6. The summed E-state index contributed by atoms with van der Waals surface area (Å²) in [5, 5.41) is 0. The van der Waals surface area contributed by atoms with Gasteiger partial charge in [0.1, 0.15) is 5.75 Å². The molecule has 6 heteroatoms. The van der Waals surface area contributed by atoms with E-state index in [2.05, 4.69) is 4.74 Å². The van der Waals surface area contributed by atoms with Crippen molar-refractivity contribution in [2.24, 2.45) is 0 Å². The Balaban J connectivity index is 2.00. The Morgan fingerprint density at radius 1 is 0.615 bits per heavy atom. The van der Waals surface area contributed by atoms with E-state index in [0.29, 0.717) is 11.4 Å². The van der Waals surface area contributed by atoms with Crippen molar-refractivity contribution in [3.63, 3.8) is 0 Å². The minimum absolute atomic E-state index is 0.170. The van der Waals surface area contributed by atoms with Crippen LogP contribution in [0.1, 0.15) is 22.6 Å². The summed E-state index contributed by atoms with van der Waals surface area (Å²) >= 11 is 0. The highest BCUT2D eigenvalue weighted by molar-refractivity contribution is 5.50. The molecule has 0 aliphatic heterocycles. The van der Waals surface area contributed by atoms with E-state index < -0.39 is 6.36 Å². The SMILES string of the molecule is Nc1ccc(C(c2ccc(N)cc2)c2ccc(OC(F)(F)F)cc2)cc1. The van der Waals surface area contributed by atoms with Crippen molar-refractivity contribution in [2.45, 2.75) is 12.3 Å². The number of halogens is 3. The van der Waals surface area contributed by atoms with Crippen LogP contribution in [0.3, 0.4) is 0 Å². The van der Waals surface area contributed by atoms with Gasteiger partial charge in [0.2, 0.25) is 0 Å². The first kappa shape index (κ1) is 17.7. The second kappa shape index (κ2) is 7.00. The molecule has 0 saturated heterocycles. The van der Waals surface area contributed by atoms with E-state index in [1.165, 1.54) is 12.1 Å². The predicted molar refractivity (Wildman–Crippen MR) is 95.8 cm³/mol. The molecule has 0 aliphatic carbocycles. The Kier molecular flexibility index (Phi) is 4.75. The molecule has 3 rings (SSSR count). The number of hydrogen-bond acceptors (Lipinski definition) is 3. The van der Waals surface area contributed by atoms with E-state index in [9.17, 15) is 13.2 Å². The van der Waals surface area contributed by atoms with E-state index in [-0.39, 0.29) is 11.7 Å². The van der Waals surface area contributed by atoms with Crippen LogP contribution in [0, 0.1) is 0 Å². The third-order valence-electron chi connectivity index (χ3n) is 3.99. The van der Waals surface area contributed by atoms with Gasteiger partial charge in [-0.2, -0.15) is 0 Å². The summed E-state index contributed by atoms with van der Waals surface area (Å²) < 4.78 is 41.0.